The number of hydrogen-bond acceptors (Lipinski definition) is 2. The maximum atomic E-state index is 13.0. The molecule has 5 heteroatoms. The third-order valence-electron chi connectivity index (χ3n) is 2.58. The zero-order chi connectivity index (χ0) is 13.1. The van der Waals surface area contributed by atoms with Gasteiger partial charge in [-0.05, 0) is 31.5 Å². The fourth-order valence-electron chi connectivity index (χ4n) is 1.19. The Bertz CT molecular complexity index is 464. The molecule has 17 heavy (non-hydrogen) atoms. The van der Waals surface area contributed by atoms with E-state index in [9.17, 15) is 9.18 Å². The first-order valence-electron chi connectivity index (χ1n) is 5.10. The minimum Gasteiger partial charge on any atom is -0.325 e. The van der Waals surface area contributed by atoms with Crippen LogP contribution in [0.5, 0.6) is 0 Å². The van der Waals surface area contributed by atoms with Crippen LogP contribution < -0.4 is 5.32 Å². The van der Waals surface area contributed by atoms with Crippen molar-refractivity contribution in [3.05, 3.63) is 29.0 Å². The lowest BCUT2D eigenvalue weighted by Crippen LogP contribution is -2.31. The summed E-state index contributed by atoms with van der Waals surface area (Å²) >= 11 is 5.66. The Labute approximate surface area is 104 Å². The molecule has 1 aromatic rings. The van der Waals surface area contributed by atoms with E-state index in [2.05, 4.69) is 5.32 Å². The van der Waals surface area contributed by atoms with Gasteiger partial charge in [-0.3, -0.25) is 4.79 Å². The van der Waals surface area contributed by atoms with Crippen molar-refractivity contribution in [3.63, 3.8) is 0 Å². The van der Waals surface area contributed by atoms with Crippen LogP contribution >= 0.6 is 11.6 Å². The van der Waals surface area contributed by atoms with Crippen LogP contribution in [0.1, 0.15) is 20.3 Å². The molecule has 0 aromatic heterocycles. The van der Waals surface area contributed by atoms with Gasteiger partial charge >= 0.3 is 0 Å². The van der Waals surface area contributed by atoms with Gasteiger partial charge in [-0.1, -0.05) is 18.5 Å². The maximum Gasteiger partial charge on any atom is 0.244 e. The minimum atomic E-state index is -1.13. The predicted octanol–water partition coefficient (Wildman–Crippen LogP) is 3.36. The average Bonchev–Trinajstić information content (AvgIpc) is 2.26. The lowest BCUT2D eigenvalue weighted by molar-refractivity contribution is -0.122. The molecule has 0 radical (unpaired) electrons. The number of rotatable bonds is 3. The first-order chi connectivity index (χ1) is 7.91. The Kier molecular flexibility index (Phi) is 4.08. The van der Waals surface area contributed by atoms with E-state index in [0.29, 0.717) is 6.42 Å². The summed E-state index contributed by atoms with van der Waals surface area (Å²) in [6, 6.07) is 5.65. The largest absolute Gasteiger partial charge is 0.325 e. The van der Waals surface area contributed by atoms with Gasteiger partial charge in [-0.25, -0.2) is 4.39 Å². The maximum absolute atomic E-state index is 13.0. The highest BCUT2D eigenvalue weighted by Gasteiger charge is 2.31. The van der Waals surface area contributed by atoms with Gasteiger partial charge in [-0.2, -0.15) is 5.26 Å². The molecule has 90 valence electrons. The van der Waals surface area contributed by atoms with Crippen molar-refractivity contribution in [1.82, 2.24) is 0 Å². The summed E-state index contributed by atoms with van der Waals surface area (Å²) < 4.78 is 13.0. The summed E-state index contributed by atoms with van der Waals surface area (Å²) in [6.07, 6.45) is 0.373. The van der Waals surface area contributed by atoms with Crippen LogP contribution in [-0.2, 0) is 4.79 Å². The normalized spacial score (nSPS) is 13.6. The highest BCUT2D eigenvalue weighted by Crippen LogP contribution is 2.24. The topological polar surface area (TPSA) is 52.9 Å². The standard InChI is InChI=1S/C12H12ClFN2O/c1-3-12(2,7-15)11(17)16-10-5-8(13)4-9(14)6-10/h4-6H,3H2,1-2H3,(H,16,17). The van der Waals surface area contributed by atoms with E-state index in [1.807, 2.05) is 6.07 Å². The van der Waals surface area contributed by atoms with Crippen molar-refractivity contribution in [3.8, 4) is 6.07 Å². The van der Waals surface area contributed by atoms with Crippen LogP contribution in [-0.4, -0.2) is 5.91 Å². The molecule has 1 aromatic carbocycles. The molecule has 0 saturated carbocycles. The second-order valence-electron chi connectivity index (χ2n) is 3.91. The molecular weight excluding hydrogens is 243 g/mol. The number of nitriles is 1. The van der Waals surface area contributed by atoms with Crippen LogP contribution in [0, 0.1) is 22.6 Å². The van der Waals surface area contributed by atoms with E-state index in [4.69, 9.17) is 16.9 Å². The number of nitrogens with zero attached hydrogens (tertiary/aromatic N) is 1. The van der Waals surface area contributed by atoms with Gasteiger partial charge < -0.3 is 5.32 Å². The molecule has 0 saturated heterocycles. The van der Waals surface area contributed by atoms with Crippen LogP contribution in [0.25, 0.3) is 0 Å². The Morgan fingerprint density at radius 3 is 2.71 bits per heavy atom. The predicted molar refractivity (Wildman–Crippen MR) is 64.1 cm³/mol. The first-order valence-corrected chi connectivity index (χ1v) is 5.48. The number of benzene rings is 1. The average molecular weight is 255 g/mol. The summed E-state index contributed by atoms with van der Waals surface area (Å²) in [7, 11) is 0. The quantitative estimate of drug-likeness (QED) is 0.899. The first kappa shape index (κ1) is 13.5. The number of anilines is 1. The summed E-state index contributed by atoms with van der Waals surface area (Å²) in [6.45, 7) is 3.27. The number of carbonyl (C=O) groups is 1. The molecule has 0 aliphatic heterocycles. The molecule has 0 spiro atoms. The molecule has 0 bridgehead atoms. The molecule has 1 unspecified atom stereocenters. The number of nitrogens with one attached hydrogen (secondary N) is 1. The molecule has 1 atom stereocenters. The van der Waals surface area contributed by atoms with Gasteiger partial charge in [0, 0.05) is 10.7 Å². The molecule has 0 aliphatic carbocycles. The van der Waals surface area contributed by atoms with Crippen molar-refractivity contribution < 1.29 is 9.18 Å². The van der Waals surface area contributed by atoms with Crippen LogP contribution in [0.4, 0.5) is 10.1 Å². The van der Waals surface area contributed by atoms with Crippen molar-refractivity contribution in [1.29, 1.82) is 5.26 Å². The van der Waals surface area contributed by atoms with E-state index in [-0.39, 0.29) is 10.7 Å². The highest BCUT2D eigenvalue weighted by molar-refractivity contribution is 6.30. The van der Waals surface area contributed by atoms with Gasteiger partial charge in [0.1, 0.15) is 11.2 Å². The second-order valence-corrected chi connectivity index (χ2v) is 4.35. The van der Waals surface area contributed by atoms with E-state index < -0.39 is 17.1 Å². The van der Waals surface area contributed by atoms with Crippen molar-refractivity contribution in [2.45, 2.75) is 20.3 Å². The molecule has 1 rings (SSSR count). The number of hydrogen-bond donors (Lipinski definition) is 1. The van der Waals surface area contributed by atoms with E-state index in [1.54, 1.807) is 6.92 Å². The summed E-state index contributed by atoms with van der Waals surface area (Å²) in [5, 5.41) is 11.6. The lowest BCUT2D eigenvalue weighted by atomic mass is 9.88. The van der Waals surface area contributed by atoms with Gasteiger partial charge in [0.05, 0.1) is 6.07 Å². The lowest BCUT2D eigenvalue weighted by Gasteiger charge is -2.18. The fraction of sp³-hybridized carbons (Fsp3) is 0.333. The monoisotopic (exact) mass is 254 g/mol. The van der Waals surface area contributed by atoms with Gasteiger partial charge in [-0.15, -0.1) is 0 Å². The Morgan fingerprint density at radius 1 is 1.59 bits per heavy atom. The molecule has 1 N–H and O–H groups in total. The molecule has 1 amide bonds. The second kappa shape index (κ2) is 5.15. The zero-order valence-corrected chi connectivity index (χ0v) is 10.3. The van der Waals surface area contributed by atoms with E-state index in [0.717, 1.165) is 12.1 Å². The van der Waals surface area contributed by atoms with E-state index in [1.165, 1.54) is 13.0 Å². The van der Waals surface area contributed by atoms with Gasteiger partial charge in [0.15, 0.2) is 0 Å². The SMILES string of the molecule is CCC(C)(C#N)C(=O)Nc1cc(F)cc(Cl)c1. The third kappa shape index (κ3) is 3.18. The Morgan fingerprint density at radius 2 is 2.24 bits per heavy atom. The van der Waals surface area contributed by atoms with Crippen molar-refractivity contribution in [2.75, 3.05) is 5.32 Å². The smallest absolute Gasteiger partial charge is 0.244 e. The van der Waals surface area contributed by atoms with Crippen molar-refractivity contribution >= 4 is 23.2 Å². The van der Waals surface area contributed by atoms with Crippen molar-refractivity contribution in [2.24, 2.45) is 5.41 Å². The Balaban J connectivity index is 2.92. The van der Waals surface area contributed by atoms with E-state index >= 15 is 0 Å². The van der Waals surface area contributed by atoms with Crippen LogP contribution in [0.3, 0.4) is 0 Å². The molecular formula is C12H12ClFN2O. The summed E-state index contributed by atoms with van der Waals surface area (Å²) in [5.41, 5.74) is -0.881. The minimum absolute atomic E-state index is 0.190. The number of amides is 1. The number of halogens is 2. The van der Waals surface area contributed by atoms with Gasteiger partial charge in [0.25, 0.3) is 0 Å². The molecule has 3 nitrogen and oxygen atoms in total. The van der Waals surface area contributed by atoms with Gasteiger partial charge in [0.2, 0.25) is 5.91 Å². The Hall–Kier alpha value is -1.60. The molecule has 0 heterocycles. The van der Waals surface area contributed by atoms with Crippen LogP contribution in [0.2, 0.25) is 5.02 Å². The molecule has 0 fully saturated rings. The highest BCUT2D eigenvalue weighted by atomic mass is 35.5. The third-order valence-corrected chi connectivity index (χ3v) is 2.79. The fourth-order valence-corrected chi connectivity index (χ4v) is 1.41. The zero-order valence-electron chi connectivity index (χ0n) is 9.55. The number of carbonyl (C=O) groups excluding carboxylic acids is 1. The van der Waals surface area contributed by atoms with Crippen LogP contribution in [0.15, 0.2) is 18.2 Å². The molecule has 0 aliphatic rings. The summed E-state index contributed by atoms with van der Waals surface area (Å²) in [5.74, 6) is -1.01. The summed E-state index contributed by atoms with van der Waals surface area (Å²) in [4.78, 5) is 11.8.